The predicted molar refractivity (Wildman–Crippen MR) is 111 cm³/mol. The average Bonchev–Trinajstić information content (AvgIpc) is 2.60. The zero-order valence-corrected chi connectivity index (χ0v) is 18.8. The van der Waals surface area contributed by atoms with E-state index in [1.54, 1.807) is 7.11 Å². The second kappa shape index (κ2) is 8.97. The molecule has 0 N–H and O–H groups in total. The van der Waals surface area contributed by atoms with Gasteiger partial charge in [-0.1, -0.05) is 0 Å². The molecular weight excluding hydrogens is 387 g/mol. The van der Waals surface area contributed by atoms with E-state index in [0.717, 1.165) is 15.8 Å². The summed E-state index contributed by atoms with van der Waals surface area (Å²) in [6.07, 6.45) is 0. The SMILES string of the molecule is COc1ccc(C[Se](=O)c2c(C(C)C)cc(C(C)C)cc2C(C)C)cc1. The van der Waals surface area contributed by atoms with Gasteiger partial charge in [0, 0.05) is 0 Å². The van der Waals surface area contributed by atoms with Crippen molar-refractivity contribution in [3.8, 4) is 5.75 Å². The van der Waals surface area contributed by atoms with Crippen molar-refractivity contribution in [2.75, 3.05) is 7.11 Å². The molecule has 0 saturated heterocycles. The third-order valence-electron chi connectivity index (χ3n) is 4.76. The Kier molecular flexibility index (Phi) is 7.20. The van der Waals surface area contributed by atoms with Gasteiger partial charge >= 0.3 is 163 Å². The summed E-state index contributed by atoms with van der Waals surface area (Å²) in [6.45, 7) is 13.3. The molecule has 0 fully saturated rings. The van der Waals surface area contributed by atoms with Crippen LogP contribution < -0.4 is 9.20 Å². The van der Waals surface area contributed by atoms with E-state index in [2.05, 4.69) is 53.7 Å². The van der Waals surface area contributed by atoms with E-state index in [1.165, 1.54) is 16.7 Å². The first-order valence-corrected chi connectivity index (χ1v) is 12.2. The standard InChI is InChI=1S/C23H32O2Se/c1-15(2)19-12-21(16(3)4)23(22(13-19)17(5)6)26(24)14-18-8-10-20(25-7)11-9-18/h8-13,15-17H,14H2,1-7H3. The van der Waals surface area contributed by atoms with Crippen LogP contribution in [0.25, 0.3) is 0 Å². The molecule has 0 radical (unpaired) electrons. The quantitative estimate of drug-likeness (QED) is 0.556. The van der Waals surface area contributed by atoms with Crippen molar-refractivity contribution in [3.63, 3.8) is 0 Å². The van der Waals surface area contributed by atoms with Crippen LogP contribution in [0.3, 0.4) is 0 Å². The maximum atomic E-state index is 13.5. The van der Waals surface area contributed by atoms with Gasteiger partial charge in [0.1, 0.15) is 0 Å². The summed E-state index contributed by atoms with van der Waals surface area (Å²) < 4.78 is 19.8. The van der Waals surface area contributed by atoms with E-state index in [1.807, 2.05) is 24.3 Å². The van der Waals surface area contributed by atoms with Crippen molar-refractivity contribution in [2.24, 2.45) is 0 Å². The minimum absolute atomic E-state index is 0.372. The van der Waals surface area contributed by atoms with E-state index in [0.29, 0.717) is 23.1 Å². The van der Waals surface area contributed by atoms with Gasteiger partial charge in [-0.05, 0) is 0 Å². The van der Waals surface area contributed by atoms with Crippen LogP contribution in [0.2, 0.25) is 0 Å². The fourth-order valence-electron chi connectivity index (χ4n) is 3.10. The zero-order chi connectivity index (χ0) is 19.4. The summed E-state index contributed by atoms with van der Waals surface area (Å²) in [5.74, 6) is 2.06. The molecule has 2 aromatic carbocycles. The summed E-state index contributed by atoms with van der Waals surface area (Å²) in [5.41, 5.74) is 5.01. The number of benzene rings is 2. The molecule has 0 saturated carbocycles. The number of rotatable bonds is 7. The van der Waals surface area contributed by atoms with Crippen LogP contribution in [-0.2, 0) is 9.15 Å². The molecule has 2 aromatic rings. The first-order chi connectivity index (χ1) is 12.2. The third-order valence-corrected chi connectivity index (χ3v) is 7.96. The van der Waals surface area contributed by atoms with Crippen LogP contribution in [0.4, 0.5) is 0 Å². The summed E-state index contributed by atoms with van der Waals surface area (Å²) in [4.78, 5) is 0. The van der Waals surface area contributed by atoms with Crippen molar-refractivity contribution in [2.45, 2.75) is 64.6 Å². The molecular formula is C23H32O2Se. The Morgan fingerprint density at radius 1 is 0.846 bits per heavy atom. The van der Waals surface area contributed by atoms with Gasteiger partial charge < -0.3 is 0 Å². The molecule has 26 heavy (non-hydrogen) atoms. The molecule has 0 bridgehead atoms. The van der Waals surface area contributed by atoms with Gasteiger partial charge in [-0.3, -0.25) is 0 Å². The van der Waals surface area contributed by atoms with Crippen molar-refractivity contribution in [3.05, 3.63) is 58.7 Å². The molecule has 0 aromatic heterocycles. The molecule has 0 spiro atoms. The van der Waals surface area contributed by atoms with Crippen LogP contribution in [0.5, 0.6) is 5.75 Å². The number of methoxy groups -OCH3 is 1. The number of hydrogen-bond donors (Lipinski definition) is 0. The third kappa shape index (κ3) is 4.84. The second-order valence-corrected chi connectivity index (χ2v) is 10.7. The van der Waals surface area contributed by atoms with Gasteiger partial charge in [0.2, 0.25) is 0 Å². The average molecular weight is 419 g/mol. The van der Waals surface area contributed by atoms with Crippen LogP contribution in [0, 0.1) is 0 Å². The van der Waals surface area contributed by atoms with Gasteiger partial charge in [-0.25, -0.2) is 0 Å². The summed E-state index contributed by atoms with van der Waals surface area (Å²) in [5, 5.41) is 0.629. The van der Waals surface area contributed by atoms with Gasteiger partial charge in [0.25, 0.3) is 0 Å². The second-order valence-electron chi connectivity index (χ2n) is 7.83. The number of ether oxygens (including phenoxy) is 1. The Hall–Kier alpha value is -1.44. The normalized spacial score (nSPS) is 12.8. The van der Waals surface area contributed by atoms with Crippen molar-refractivity contribution >= 4 is 18.3 Å². The van der Waals surface area contributed by atoms with Crippen molar-refractivity contribution in [1.82, 2.24) is 0 Å². The van der Waals surface area contributed by atoms with Crippen molar-refractivity contribution < 1.29 is 8.57 Å². The predicted octanol–water partition coefficient (Wildman–Crippen LogP) is 5.48. The molecule has 0 aliphatic heterocycles. The number of hydrogen-bond acceptors (Lipinski definition) is 2. The Morgan fingerprint density at radius 3 is 1.73 bits per heavy atom. The van der Waals surface area contributed by atoms with E-state index in [-0.39, 0.29) is 0 Å². The van der Waals surface area contributed by atoms with Crippen LogP contribution in [-0.4, -0.2) is 20.9 Å². The fraction of sp³-hybridized carbons (Fsp3) is 0.478. The summed E-state index contributed by atoms with van der Waals surface area (Å²) in [7, 11) is 1.67. The van der Waals surface area contributed by atoms with Gasteiger partial charge in [0.05, 0.1) is 0 Å². The molecule has 0 heterocycles. The van der Waals surface area contributed by atoms with E-state index < -0.39 is 13.8 Å². The van der Waals surface area contributed by atoms with E-state index in [4.69, 9.17) is 4.74 Å². The van der Waals surface area contributed by atoms with Crippen LogP contribution in [0.1, 0.15) is 81.5 Å². The summed E-state index contributed by atoms with van der Waals surface area (Å²) in [6, 6.07) is 12.5. The molecule has 2 rings (SSSR count). The zero-order valence-electron chi connectivity index (χ0n) is 17.1. The minimum atomic E-state index is -2.19. The Bertz CT molecular complexity index is 729. The van der Waals surface area contributed by atoms with Crippen LogP contribution in [0.15, 0.2) is 36.4 Å². The van der Waals surface area contributed by atoms with Gasteiger partial charge in [-0.15, -0.1) is 0 Å². The Labute approximate surface area is 163 Å². The molecule has 2 nitrogen and oxygen atoms in total. The Morgan fingerprint density at radius 2 is 1.35 bits per heavy atom. The molecule has 0 aliphatic rings. The molecule has 1 unspecified atom stereocenters. The molecule has 1 atom stereocenters. The molecule has 0 amide bonds. The van der Waals surface area contributed by atoms with E-state index >= 15 is 0 Å². The van der Waals surface area contributed by atoms with Crippen LogP contribution >= 0.6 is 0 Å². The maximum absolute atomic E-state index is 13.5. The fourth-order valence-corrected chi connectivity index (χ4v) is 6.78. The molecule has 3 heteroatoms. The van der Waals surface area contributed by atoms with Gasteiger partial charge in [-0.2, -0.15) is 0 Å². The first kappa shape index (κ1) is 20.9. The Balaban J connectivity index is 2.49. The van der Waals surface area contributed by atoms with Gasteiger partial charge in [0.15, 0.2) is 0 Å². The topological polar surface area (TPSA) is 26.3 Å². The molecule has 0 aliphatic carbocycles. The monoisotopic (exact) mass is 420 g/mol. The van der Waals surface area contributed by atoms with Crippen molar-refractivity contribution in [1.29, 1.82) is 0 Å². The van der Waals surface area contributed by atoms with E-state index in [9.17, 15) is 3.83 Å². The first-order valence-electron chi connectivity index (χ1n) is 9.43. The molecule has 142 valence electrons. The summed E-state index contributed by atoms with van der Waals surface area (Å²) >= 11 is -2.19.